The number of hydrogen-bond acceptors (Lipinski definition) is 4. The number of carbonyl (C=O) groups excluding carboxylic acids is 4. The van der Waals surface area contributed by atoms with Gasteiger partial charge in [-0.25, -0.2) is 0 Å². The number of hydrazine groups is 1. The zero-order valence-corrected chi connectivity index (χ0v) is 11.9. The van der Waals surface area contributed by atoms with Gasteiger partial charge in [0.15, 0.2) is 0 Å². The van der Waals surface area contributed by atoms with Gasteiger partial charge in [-0.1, -0.05) is 12.2 Å². The molecule has 0 aromatic heterocycles. The lowest BCUT2D eigenvalue weighted by Crippen LogP contribution is -2.51. The molecule has 4 aliphatic carbocycles. The van der Waals surface area contributed by atoms with E-state index in [1.54, 1.807) is 0 Å². The van der Waals surface area contributed by atoms with Crippen LogP contribution in [-0.4, -0.2) is 33.6 Å². The third kappa shape index (κ3) is 1.42. The van der Waals surface area contributed by atoms with E-state index < -0.39 is 23.7 Å². The van der Waals surface area contributed by atoms with Crippen LogP contribution in [0.5, 0.6) is 0 Å². The highest BCUT2D eigenvalue weighted by Crippen LogP contribution is 2.65. The van der Waals surface area contributed by atoms with Crippen molar-refractivity contribution in [3.63, 3.8) is 0 Å². The Labute approximate surface area is 121 Å². The Bertz CT molecular complexity index is 575. The number of nitrogens with zero attached hydrogens (tertiary/aromatic N) is 2. The number of hydrogen-bond donors (Lipinski definition) is 0. The molecular weight excluding hydrogens is 272 g/mol. The second-order valence-corrected chi connectivity index (χ2v) is 6.49. The maximum atomic E-state index is 12.7. The predicted molar refractivity (Wildman–Crippen MR) is 69.8 cm³/mol. The van der Waals surface area contributed by atoms with Gasteiger partial charge in [0.1, 0.15) is 0 Å². The normalized spacial score (nSPS) is 41.9. The predicted octanol–water partition coefficient (Wildman–Crippen LogP) is 0.350. The minimum Gasteiger partial charge on any atom is -0.273 e. The third-order valence-corrected chi connectivity index (χ3v) is 5.44. The van der Waals surface area contributed by atoms with Crippen molar-refractivity contribution in [2.24, 2.45) is 35.5 Å². The summed E-state index contributed by atoms with van der Waals surface area (Å²) in [7, 11) is 0. The van der Waals surface area contributed by atoms with Gasteiger partial charge in [0.25, 0.3) is 11.8 Å². The van der Waals surface area contributed by atoms with Crippen LogP contribution in [0.25, 0.3) is 0 Å². The van der Waals surface area contributed by atoms with Crippen molar-refractivity contribution in [3.8, 4) is 0 Å². The topological polar surface area (TPSA) is 74.8 Å². The average Bonchev–Trinajstić information content (AvgIpc) is 3.19. The van der Waals surface area contributed by atoms with Gasteiger partial charge in [0.05, 0.1) is 11.8 Å². The van der Waals surface area contributed by atoms with Crippen LogP contribution in [-0.2, 0) is 19.2 Å². The minimum absolute atomic E-state index is 0.0900. The van der Waals surface area contributed by atoms with Crippen LogP contribution in [0.2, 0.25) is 0 Å². The summed E-state index contributed by atoms with van der Waals surface area (Å²) in [4.78, 5) is 48.7. The minimum atomic E-state index is -0.603. The number of allylic oxidation sites excluding steroid dienone is 2. The molecule has 0 aromatic carbocycles. The first-order valence-corrected chi connectivity index (χ1v) is 7.30. The molecule has 21 heavy (non-hydrogen) atoms. The summed E-state index contributed by atoms with van der Waals surface area (Å²) in [6, 6.07) is 0. The van der Waals surface area contributed by atoms with E-state index in [9.17, 15) is 19.2 Å². The molecule has 0 N–H and O–H groups in total. The molecule has 3 fully saturated rings. The first-order valence-electron chi connectivity index (χ1n) is 7.30. The molecule has 6 atom stereocenters. The fourth-order valence-corrected chi connectivity index (χ4v) is 4.64. The van der Waals surface area contributed by atoms with Crippen molar-refractivity contribution < 1.29 is 19.2 Å². The summed E-state index contributed by atoms with van der Waals surface area (Å²) in [5.41, 5.74) is 0. The van der Waals surface area contributed by atoms with Gasteiger partial charge in [-0.05, 0) is 30.1 Å². The number of rotatable bonds is 1. The molecule has 4 amide bonds. The molecule has 5 rings (SSSR count). The van der Waals surface area contributed by atoms with Gasteiger partial charge in [-0.15, -0.1) is 0 Å². The van der Waals surface area contributed by atoms with E-state index in [0.29, 0.717) is 16.8 Å². The van der Waals surface area contributed by atoms with E-state index in [4.69, 9.17) is 0 Å². The Morgan fingerprint density at radius 2 is 1.43 bits per heavy atom. The Hall–Kier alpha value is -1.98. The molecule has 2 saturated carbocycles. The maximum absolute atomic E-state index is 12.7. The van der Waals surface area contributed by atoms with Crippen molar-refractivity contribution in [1.82, 2.24) is 10.0 Å². The maximum Gasteiger partial charge on any atom is 0.253 e. The molecule has 0 spiro atoms. The van der Waals surface area contributed by atoms with Crippen molar-refractivity contribution in [2.75, 3.05) is 0 Å². The Morgan fingerprint density at radius 3 is 1.81 bits per heavy atom. The Morgan fingerprint density at radius 1 is 1.00 bits per heavy atom. The number of imide groups is 2. The zero-order chi connectivity index (χ0) is 15.0. The largest absolute Gasteiger partial charge is 0.273 e. The standard InChI is InChI=1S/C15H16N2O4/c1-6(18)16(7(2)19)17-14(20)12-8-3-4-9(11-5-10(8)11)13(12)15(17)21/h3-4,8-13H,5H2,1-2H3/t8-,9-,10-,11-,12+,13+/m1/s1. The van der Waals surface area contributed by atoms with Gasteiger partial charge in [-0.2, -0.15) is 10.0 Å². The van der Waals surface area contributed by atoms with Crippen LogP contribution in [0.4, 0.5) is 0 Å². The second-order valence-electron chi connectivity index (χ2n) is 6.49. The summed E-state index contributed by atoms with van der Waals surface area (Å²) in [6.45, 7) is 2.38. The van der Waals surface area contributed by atoms with Crippen LogP contribution < -0.4 is 0 Å². The summed E-state index contributed by atoms with van der Waals surface area (Å²) in [5.74, 6) is -1.58. The van der Waals surface area contributed by atoms with Gasteiger partial charge < -0.3 is 0 Å². The van der Waals surface area contributed by atoms with Crippen molar-refractivity contribution >= 4 is 23.6 Å². The van der Waals surface area contributed by atoms with Crippen LogP contribution in [0.1, 0.15) is 20.3 Å². The fourth-order valence-electron chi connectivity index (χ4n) is 4.64. The fraction of sp³-hybridized carbons (Fsp3) is 0.600. The highest BCUT2D eigenvalue weighted by atomic mass is 16.2. The van der Waals surface area contributed by atoms with E-state index >= 15 is 0 Å². The first kappa shape index (κ1) is 12.7. The Kier molecular flexibility index (Phi) is 2.31. The number of carbonyl (C=O) groups is 4. The summed E-state index contributed by atoms with van der Waals surface area (Å²) in [6.07, 6.45) is 5.19. The molecule has 1 heterocycles. The summed E-state index contributed by atoms with van der Waals surface area (Å²) in [5, 5.41) is 1.49. The van der Waals surface area contributed by atoms with Crippen LogP contribution >= 0.6 is 0 Å². The van der Waals surface area contributed by atoms with E-state index in [1.807, 2.05) is 0 Å². The van der Waals surface area contributed by atoms with Gasteiger partial charge in [0, 0.05) is 13.8 Å². The SMILES string of the molecule is CC(=O)N(C(C)=O)N1C(=O)[C@H]2[C@@H]3C=C[C@H]([C@H]4C[C@H]34)[C@@H]2C1=O. The smallest absolute Gasteiger partial charge is 0.253 e. The molecule has 110 valence electrons. The van der Waals surface area contributed by atoms with Crippen LogP contribution in [0.15, 0.2) is 12.2 Å². The van der Waals surface area contributed by atoms with Crippen molar-refractivity contribution in [2.45, 2.75) is 20.3 Å². The van der Waals surface area contributed by atoms with E-state index in [-0.39, 0.29) is 23.7 Å². The molecule has 1 saturated heterocycles. The van der Waals surface area contributed by atoms with E-state index in [2.05, 4.69) is 12.2 Å². The summed E-state index contributed by atoms with van der Waals surface area (Å²) < 4.78 is 0. The molecule has 5 aliphatic rings. The van der Waals surface area contributed by atoms with Crippen molar-refractivity contribution in [3.05, 3.63) is 12.2 Å². The number of amides is 4. The van der Waals surface area contributed by atoms with E-state index in [1.165, 1.54) is 13.8 Å². The molecule has 0 aromatic rings. The highest BCUT2D eigenvalue weighted by molar-refractivity contribution is 6.10. The van der Waals surface area contributed by atoms with Gasteiger partial charge >= 0.3 is 0 Å². The lowest BCUT2D eigenvalue weighted by atomic mass is 9.63. The third-order valence-electron chi connectivity index (χ3n) is 5.44. The molecule has 2 bridgehead atoms. The van der Waals surface area contributed by atoms with E-state index in [0.717, 1.165) is 11.4 Å². The first-order chi connectivity index (χ1) is 9.93. The quantitative estimate of drug-likeness (QED) is 0.515. The van der Waals surface area contributed by atoms with Crippen LogP contribution in [0.3, 0.4) is 0 Å². The second kappa shape index (κ2) is 3.81. The van der Waals surface area contributed by atoms with Gasteiger partial charge in [0.2, 0.25) is 11.8 Å². The van der Waals surface area contributed by atoms with Crippen molar-refractivity contribution in [1.29, 1.82) is 0 Å². The zero-order valence-electron chi connectivity index (χ0n) is 11.9. The molecule has 0 radical (unpaired) electrons. The summed E-state index contributed by atoms with van der Waals surface area (Å²) >= 11 is 0. The molecular formula is C15H16N2O4. The lowest BCUT2D eigenvalue weighted by molar-refractivity contribution is -0.175. The highest BCUT2D eigenvalue weighted by Gasteiger charge is 2.68. The molecule has 0 unspecified atom stereocenters. The van der Waals surface area contributed by atoms with Gasteiger partial charge in [-0.3, -0.25) is 19.2 Å². The lowest BCUT2D eigenvalue weighted by Gasteiger charge is -2.37. The average molecular weight is 288 g/mol. The monoisotopic (exact) mass is 288 g/mol. The molecule has 6 nitrogen and oxygen atoms in total. The Balaban J connectivity index is 1.75. The van der Waals surface area contributed by atoms with Crippen LogP contribution in [0, 0.1) is 35.5 Å². The molecule has 1 aliphatic heterocycles. The molecule has 6 heteroatoms.